The third-order valence-corrected chi connectivity index (χ3v) is 4.26. The molecule has 4 nitrogen and oxygen atoms in total. The zero-order valence-corrected chi connectivity index (χ0v) is 13.2. The normalized spacial score (nSPS) is 10.8. The molecule has 0 bridgehead atoms. The predicted octanol–water partition coefficient (Wildman–Crippen LogP) is 4.56. The highest BCUT2D eigenvalue weighted by molar-refractivity contribution is 7.18. The number of aryl methyl sites for hydroxylation is 1. The summed E-state index contributed by atoms with van der Waals surface area (Å²) in [5.74, 6) is -0.360. The second-order valence-electron chi connectivity index (χ2n) is 4.36. The molecule has 0 spiro atoms. The highest BCUT2D eigenvalue weighted by Crippen LogP contribution is 2.25. The maximum atomic E-state index is 12.2. The van der Waals surface area contributed by atoms with Crippen molar-refractivity contribution in [1.29, 1.82) is 0 Å². The Morgan fingerprint density at radius 1 is 1.29 bits per heavy atom. The summed E-state index contributed by atoms with van der Waals surface area (Å²) < 4.78 is 1.08. The van der Waals surface area contributed by atoms with Crippen LogP contribution in [0.2, 0.25) is 10.2 Å². The maximum Gasteiger partial charge on any atom is 0.258 e. The van der Waals surface area contributed by atoms with Crippen LogP contribution in [-0.4, -0.2) is 15.9 Å². The van der Waals surface area contributed by atoms with Gasteiger partial charge in [-0.2, -0.15) is 0 Å². The van der Waals surface area contributed by atoms with Crippen LogP contribution in [0, 0.1) is 6.92 Å². The summed E-state index contributed by atoms with van der Waals surface area (Å²) in [7, 11) is 0. The number of hydrogen-bond acceptors (Lipinski definition) is 4. The molecule has 0 radical (unpaired) electrons. The lowest BCUT2D eigenvalue weighted by Crippen LogP contribution is -2.13. The van der Waals surface area contributed by atoms with E-state index in [1.807, 2.05) is 25.1 Å². The van der Waals surface area contributed by atoms with Gasteiger partial charge >= 0.3 is 0 Å². The van der Waals surface area contributed by atoms with Gasteiger partial charge in [0, 0.05) is 11.9 Å². The fraction of sp³-hybridized carbons (Fsp3) is 0.0714. The number of aromatic nitrogens is 2. The summed E-state index contributed by atoms with van der Waals surface area (Å²) in [6, 6.07) is 7.05. The molecule has 0 unspecified atom stereocenters. The predicted molar refractivity (Wildman–Crippen MR) is 86.6 cm³/mol. The van der Waals surface area contributed by atoms with Crippen LogP contribution < -0.4 is 5.32 Å². The first-order valence-electron chi connectivity index (χ1n) is 6.02. The van der Waals surface area contributed by atoms with Crippen molar-refractivity contribution >= 4 is 56.3 Å². The van der Waals surface area contributed by atoms with Gasteiger partial charge in [-0.25, -0.2) is 9.97 Å². The number of anilines is 1. The fourth-order valence-corrected chi connectivity index (χ4v) is 3.06. The largest absolute Gasteiger partial charge is 0.322 e. The summed E-state index contributed by atoms with van der Waals surface area (Å²) in [6.07, 6.45) is 1.39. The van der Waals surface area contributed by atoms with Crippen molar-refractivity contribution in [2.24, 2.45) is 0 Å². The Labute approximate surface area is 134 Å². The van der Waals surface area contributed by atoms with E-state index in [9.17, 15) is 4.79 Å². The van der Waals surface area contributed by atoms with Crippen molar-refractivity contribution in [1.82, 2.24) is 9.97 Å². The molecule has 0 atom stereocenters. The molecule has 3 aromatic rings. The Morgan fingerprint density at radius 2 is 2.10 bits per heavy atom. The molecular formula is C14H9Cl2N3OS. The zero-order valence-electron chi connectivity index (χ0n) is 10.9. The minimum Gasteiger partial charge on any atom is -0.322 e. The Kier molecular flexibility index (Phi) is 3.80. The number of pyridine rings is 1. The summed E-state index contributed by atoms with van der Waals surface area (Å²) >= 11 is 13.4. The topological polar surface area (TPSA) is 54.9 Å². The van der Waals surface area contributed by atoms with Crippen molar-refractivity contribution in [3.05, 3.63) is 51.2 Å². The number of halogens is 2. The average Bonchev–Trinajstić information content (AvgIpc) is 2.80. The van der Waals surface area contributed by atoms with Crippen LogP contribution >= 0.6 is 34.5 Å². The van der Waals surface area contributed by atoms with E-state index in [4.69, 9.17) is 23.2 Å². The van der Waals surface area contributed by atoms with Crippen LogP contribution in [-0.2, 0) is 0 Å². The number of benzene rings is 1. The van der Waals surface area contributed by atoms with E-state index >= 15 is 0 Å². The van der Waals surface area contributed by atoms with Crippen LogP contribution in [0.5, 0.6) is 0 Å². The van der Waals surface area contributed by atoms with Gasteiger partial charge in [0.1, 0.15) is 5.15 Å². The first-order valence-corrected chi connectivity index (χ1v) is 7.60. The molecule has 21 heavy (non-hydrogen) atoms. The van der Waals surface area contributed by atoms with Gasteiger partial charge in [0.2, 0.25) is 0 Å². The number of amides is 1. The molecule has 0 saturated carbocycles. The number of fused-ring (bicyclic) bond motifs is 1. The van der Waals surface area contributed by atoms with E-state index in [0.29, 0.717) is 10.7 Å². The van der Waals surface area contributed by atoms with Gasteiger partial charge in [0.15, 0.2) is 0 Å². The van der Waals surface area contributed by atoms with Gasteiger partial charge in [0.25, 0.3) is 5.91 Å². The van der Waals surface area contributed by atoms with E-state index < -0.39 is 0 Å². The second-order valence-corrected chi connectivity index (χ2v) is 6.39. The molecule has 1 amide bonds. The summed E-state index contributed by atoms with van der Waals surface area (Å²) in [5, 5.41) is 4.22. The van der Waals surface area contributed by atoms with Crippen LogP contribution in [0.4, 0.5) is 5.69 Å². The molecule has 0 aliphatic heterocycles. The van der Waals surface area contributed by atoms with Gasteiger partial charge < -0.3 is 5.32 Å². The molecule has 2 heterocycles. The lowest BCUT2D eigenvalue weighted by atomic mass is 10.2. The maximum absolute atomic E-state index is 12.2. The molecule has 3 rings (SSSR count). The lowest BCUT2D eigenvalue weighted by molar-refractivity contribution is 0.102. The lowest BCUT2D eigenvalue weighted by Gasteiger charge is -2.06. The molecular weight excluding hydrogens is 329 g/mol. The summed E-state index contributed by atoms with van der Waals surface area (Å²) in [6.45, 7) is 1.94. The summed E-state index contributed by atoms with van der Waals surface area (Å²) in [4.78, 5) is 20.5. The van der Waals surface area contributed by atoms with Crippen molar-refractivity contribution in [2.45, 2.75) is 6.92 Å². The molecule has 1 aromatic carbocycles. The van der Waals surface area contributed by atoms with E-state index in [1.54, 1.807) is 11.3 Å². The molecule has 7 heteroatoms. The van der Waals surface area contributed by atoms with E-state index in [1.165, 1.54) is 12.3 Å². The first-order chi connectivity index (χ1) is 10.0. The monoisotopic (exact) mass is 337 g/mol. The van der Waals surface area contributed by atoms with Gasteiger partial charge in [-0.1, -0.05) is 23.2 Å². The van der Waals surface area contributed by atoms with Gasteiger partial charge in [-0.15, -0.1) is 11.3 Å². The van der Waals surface area contributed by atoms with Crippen LogP contribution in [0.1, 0.15) is 15.4 Å². The number of thiazole rings is 1. The number of rotatable bonds is 2. The van der Waals surface area contributed by atoms with Crippen LogP contribution in [0.15, 0.2) is 30.5 Å². The van der Waals surface area contributed by atoms with Crippen molar-refractivity contribution in [2.75, 3.05) is 5.32 Å². The molecule has 1 N–H and O–H groups in total. The quantitative estimate of drug-likeness (QED) is 0.697. The first kappa shape index (κ1) is 14.3. The number of nitrogens with one attached hydrogen (secondary N) is 1. The Hall–Kier alpha value is -1.69. The second kappa shape index (κ2) is 5.60. The Balaban J connectivity index is 1.90. The van der Waals surface area contributed by atoms with Gasteiger partial charge in [-0.3, -0.25) is 4.79 Å². The molecule has 0 saturated heterocycles. The minimum atomic E-state index is -0.360. The number of nitrogens with zero attached hydrogens (tertiary/aromatic N) is 2. The number of hydrogen-bond donors (Lipinski definition) is 1. The van der Waals surface area contributed by atoms with E-state index in [-0.39, 0.29) is 16.6 Å². The standard InChI is InChI=1S/C14H9Cl2N3OS/c1-7-18-11-5-9(2-3-12(11)21-7)19-14(20)10-4-8(15)6-17-13(10)16/h2-6H,1H3,(H,19,20). The van der Waals surface area contributed by atoms with Crippen molar-refractivity contribution in [3.8, 4) is 0 Å². The highest BCUT2D eigenvalue weighted by atomic mass is 35.5. The smallest absolute Gasteiger partial charge is 0.258 e. The SMILES string of the molecule is Cc1nc2cc(NC(=O)c3cc(Cl)cnc3Cl)ccc2s1. The number of carbonyl (C=O) groups excluding carboxylic acids is 1. The molecule has 0 aliphatic carbocycles. The highest BCUT2D eigenvalue weighted by Gasteiger charge is 2.13. The molecule has 0 fully saturated rings. The number of carbonyl (C=O) groups is 1. The van der Waals surface area contributed by atoms with Crippen LogP contribution in [0.3, 0.4) is 0 Å². The Morgan fingerprint density at radius 3 is 2.90 bits per heavy atom. The van der Waals surface area contributed by atoms with Crippen molar-refractivity contribution < 1.29 is 4.79 Å². The van der Waals surface area contributed by atoms with E-state index in [2.05, 4.69) is 15.3 Å². The van der Waals surface area contributed by atoms with E-state index in [0.717, 1.165) is 15.2 Å². The third-order valence-electron chi connectivity index (χ3n) is 2.80. The molecule has 106 valence electrons. The van der Waals surface area contributed by atoms with Crippen LogP contribution in [0.25, 0.3) is 10.2 Å². The van der Waals surface area contributed by atoms with Gasteiger partial charge in [-0.05, 0) is 31.2 Å². The fourth-order valence-electron chi connectivity index (χ4n) is 1.90. The summed E-state index contributed by atoms with van der Waals surface area (Å²) in [5.41, 5.74) is 1.73. The average molecular weight is 338 g/mol. The molecule has 2 aromatic heterocycles. The minimum absolute atomic E-state index is 0.113. The molecule has 0 aliphatic rings. The zero-order chi connectivity index (χ0) is 15.0. The van der Waals surface area contributed by atoms with Crippen molar-refractivity contribution in [3.63, 3.8) is 0 Å². The third kappa shape index (κ3) is 3.00. The Bertz CT molecular complexity index is 847. The van der Waals surface area contributed by atoms with Gasteiger partial charge in [0.05, 0.1) is 25.8 Å².